The highest BCUT2D eigenvalue weighted by Gasteiger charge is 2.00. The molecule has 7 nitrogen and oxygen atoms in total. The summed E-state index contributed by atoms with van der Waals surface area (Å²) >= 11 is 0. The number of benzene rings is 1. The molecular formula is C9H13NO6S. The third kappa shape index (κ3) is 10.6. The Bertz CT molecular complexity index is 445. The smallest absolute Gasteiger partial charge is 0.394 e. The zero-order chi connectivity index (χ0) is 13.5. The molecule has 0 aliphatic heterocycles. The number of carbonyl (C=O) groups is 1. The second kappa shape index (κ2) is 6.84. The molecule has 0 aliphatic rings. The summed E-state index contributed by atoms with van der Waals surface area (Å²) in [5, 5.41) is 0. The number of methoxy groups -OCH3 is 1. The van der Waals surface area contributed by atoms with Crippen molar-refractivity contribution < 1.29 is 27.1 Å². The van der Waals surface area contributed by atoms with E-state index in [1.165, 1.54) is 7.11 Å². The van der Waals surface area contributed by atoms with E-state index in [0.717, 1.165) is 5.56 Å². The Morgan fingerprint density at radius 3 is 2.06 bits per heavy atom. The highest BCUT2D eigenvalue weighted by molar-refractivity contribution is 7.79. The van der Waals surface area contributed by atoms with Crippen LogP contribution in [0.25, 0.3) is 0 Å². The summed E-state index contributed by atoms with van der Waals surface area (Å²) in [6.07, 6.45) is 0.302. The molecule has 1 rings (SSSR count). The van der Waals surface area contributed by atoms with Gasteiger partial charge in [0.1, 0.15) is 0 Å². The number of nitrogens with two attached hydrogens (primary N) is 1. The minimum absolute atomic E-state index is 0.236. The van der Waals surface area contributed by atoms with E-state index in [0.29, 0.717) is 12.1 Å². The van der Waals surface area contributed by atoms with Crippen molar-refractivity contribution in [3.8, 4) is 0 Å². The molecule has 0 aliphatic carbocycles. The number of nitrogen functional groups attached to an aromatic ring is 1. The van der Waals surface area contributed by atoms with Gasteiger partial charge in [-0.05, 0) is 17.7 Å². The van der Waals surface area contributed by atoms with Gasteiger partial charge in [0.25, 0.3) is 0 Å². The van der Waals surface area contributed by atoms with E-state index in [1.54, 1.807) is 12.1 Å². The van der Waals surface area contributed by atoms with Crippen LogP contribution in [0.4, 0.5) is 5.69 Å². The summed E-state index contributed by atoms with van der Waals surface area (Å²) in [6.45, 7) is 0. The van der Waals surface area contributed by atoms with E-state index in [4.69, 9.17) is 23.3 Å². The maximum absolute atomic E-state index is 10.8. The number of esters is 1. The van der Waals surface area contributed by atoms with Gasteiger partial charge in [0.15, 0.2) is 0 Å². The molecule has 4 N–H and O–H groups in total. The van der Waals surface area contributed by atoms with Gasteiger partial charge in [0, 0.05) is 5.69 Å². The number of carbonyl (C=O) groups excluding carboxylic acids is 1. The SMILES string of the molecule is COC(=O)Cc1ccc(N)cc1.O=S(=O)(O)O. The topological polar surface area (TPSA) is 127 Å². The van der Waals surface area contributed by atoms with Gasteiger partial charge < -0.3 is 10.5 Å². The van der Waals surface area contributed by atoms with E-state index in [-0.39, 0.29) is 5.97 Å². The van der Waals surface area contributed by atoms with Crippen LogP contribution in [0.3, 0.4) is 0 Å². The van der Waals surface area contributed by atoms with Crippen molar-refractivity contribution in [2.75, 3.05) is 12.8 Å². The first-order chi connectivity index (χ1) is 7.72. The molecule has 0 heterocycles. The Morgan fingerprint density at radius 1 is 1.29 bits per heavy atom. The molecule has 1 aromatic rings. The third-order valence-corrected chi connectivity index (χ3v) is 1.56. The fourth-order valence-corrected chi connectivity index (χ4v) is 0.874. The van der Waals surface area contributed by atoms with Crippen molar-refractivity contribution in [1.82, 2.24) is 0 Å². The molecule has 96 valence electrons. The maximum atomic E-state index is 10.8. The first kappa shape index (κ1) is 15.4. The van der Waals surface area contributed by atoms with Crippen LogP contribution in [-0.2, 0) is 26.4 Å². The Labute approximate surface area is 98.8 Å². The summed E-state index contributed by atoms with van der Waals surface area (Å²) in [4.78, 5) is 10.8. The van der Waals surface area contributed by atoms with E-state index in [2.05, 4.69) is 4.74 Å². The molecular weight excluding hydrogens is 250 g/mol. The predicted octanol–water partition coefficient (Wildman–Crippen LogP) is 0.332. The van der Waals surface area contributed by atoms with Gasteiger partial charge in [0.2, 0.25) is 0 Å². The van der Waals surface area contributed by atoms with E-state index >= 15 is 0 Å². The van der Waals surface area contributed by atoms with E-state index in [1.807, 2.05) is 12.1 Å². The Hall–Kier alpha value is -1.64. The van der Waals surface area contributed by atoms with Crippen LogP contribution in [0.1, 0.15) is 5.56 Å². The summed E-state index contributed by atoms with van der Waals surface area (Å²) in [5.74, 6) is -0.236. The number of anilines is 1. The van der Waals surface area contributed by atoms with Gasteiger partial charge in [-0.2, -0.15) is 8.42 Å². The summed E-state index contributed by atoms with van der Waals surface area (Å²) < 4.78 is 36.1. The maximum Gasteiger partial charge on any atom is 0.394 e. The molecule has 0 saturated carbocycles. The van der Waals surface area contributed by atoms with Crippen LogP contribution >= 0.6 is 0 Å². The van der Waals surface area contributed by atoms with E-state index in [9.17, 15) is 4.79 Å². The first-order valence-electron chi connectivity index (χ1n) is 4.33. The molecule has 0 atom stereocenters. The van der Waals surface area contributed by atoms with Crippen LogP contribution in [0.5, 0.6) is 0 Å². The van der Waals surface area contributed by atoms with Crippen molar-refractivity contribution in [1.29, 1.82) is 0 Å². The van der Waals surface area contributed by atoms with Gasteiger partial charge in [0.05, 0.1) is 13.5 Å². The van der Waals surface area contributed by atoms with Crippen LogP contribution in [0.2, 0.25) is 0 Å². The minimum Gasteiger partial charge on any atom is -0.469 e. The molecule has 0 amide bonds. The summed E-state index contributed by atoms with van der Waals surface area (Å²) in [5.41, 5.74) is 7.08. The lowest BCUT2D eigenvalue weighted by atomic mass is 10.1. The van der Waals surface area contributed by atoms with Crippen molar-refractivity contribution >= 4 is 22.1 Å². The van der Waals surface area contributed by atoms with Crippen molar-refractivity contribution in [3.63, 3.8) is 0 Å². The lowest BCUT2D eigenvalue weighted by Crippen LogP contribution is -2.04. The number of hydrogen-bond donors (Lipinski definition) is 3. The second-order valence-electron chi connectivity index (χ2n) is 2.94. The largest absolute Gasteiger partial charge is 0.469 e. The van der Waals surface area contributed by atoms with Gasteiger partial charge >= 0.3 is 16.4 Å². The van der Waals surface area contributed by atoms with Crippen LogP contribution in [-0.4, -0.2) is 30.6 Å². The van der Waals surface area contributed by atoms with E-state index < -0.39 is 10.4 Å². The van der Waals surface area contributed by atoms with Crippen molar-refractivity contribution in [2.24, 2.45) is 0 Å². The first-order valence-corrected chi connectivity index (χ1v) is 5.73. The fourth-order valence-electron chi connectivity index (χ4n) is 0.874. The average Bonchev–Trinajstić information content (AvgIpc) is 2.19. The lowest BCUT2D eigenvalue weighted by Gasteiger charge is -1.99. The molecule has 17 heavy (non-hydrogen) atoms. The number of hydrogen-bond acceptors (Lipinski definition) is 5. The van der Waals surface area contributed by atoms with Gasteiger partial charge in [-0.1, -0.05) is 12.1 Å². The summed E-state index contributed by atoms with van der Waals surface area (Å²) in [7, 11) is -3.29. The Balaban J connectivity index is 0.000000437. The molecule has 0 saturated heterocycles. The van der Waals surface area contributed by atoms with Crippen LogP contribution in [0.15, 0.2) is 24.3 Å². The van der Waals surface area contributed by atoms with Crippen LogP contribution < -0.4 is 5.73 Å². The molecule has 0 spiro atoms. The van der Waals surface area contributed by atoms with Gasteiger partial charge in [-0.15, -0.1) is 0 Å². The van der Waals surface area contributed by atoms with Crippen molar-refractivity contribution in [3.05, 3.63) is 29.8 Å². The van der Waals surface area contributed by atoms with Gasteiger partial charge in [-0.3, -0.25) is 13.9 Å². The fraction of sp³-hybridized carbons (Fsp3) is 0.222. The Kier molecular flexibility index (Phi) is 6.18. The minimum atomic E-state index is -4.67. The zero-order valence-electron chi connectivity index (χ0n) is 9.03. The highest BCUT2D eigenvalue weighted by atomic mass is 32.3. The third-order valence-electron chi connectivity index (χ3n) is 1.56. The Morgan fingerprint density at radius 2 is 1.71 bits per heavy atom. The second-order valence-corrected chi connectivity index (χ2v) is 3.84. The number of rotatable bonds is 2. The molecule has 0 fully saturated rings. The van der Waals surface area contributed by atoms with Gasteiger partial charge in [-0.25, -0.2) is 0 Å². The molecule has 0 bridgehead atoms. The standard InChI is InChI=1S/C9H11NO2.H2O4S/c1-12-9(11)6-7-2-4-8(10)5-3-7;1-5(2,3)4/h2-5H,6,10H2,1H3;(H2,1,2,3,4). The number of ether oxygens (including phenoxy) is 1. The highest BCUT2D eigenvalue weighted by Crippen LogP contribution is 2.06. The molecule has 0 aromatic heterocycles. The normalized spacial score (nSPS) is 10.1. The molecule has 0 radical (unpaired) electrons. The average molecular weight is 263 g/mol. The molecule has 0 unspecified atom stereocenters. The predicted molar refractivity (Wildman–Crippen MR) is 60.8 cm³/mol. The summed E-state index contributed by atoms with van der Waals surface area (Å²) in [6, 6.07) is 7.15. The monoisotopic (exact) mass is 263 g/mol. The molecule has 8 heteroatoms. The quantitative estimate of drug-likeness (QED) is 0.398. The van der Waals surface area contributed by atoms with Crippen LogP contribution in [0, 0.1) is 0 Å². The molecule has 1 aromatic carbocycles. The lowest BCUT2D eigenvalue weighted by molar-refractivity contribution is -0.139. The zero-order valence-corrected chi connectivity index (χ0v) is 9.85. The van der Waals surface area contributed by atoms with Crippen molar-refractivity contribution in [2.45, 2.75) is 6.42 Å².